The molecule has 1 atom stereocenters. The van der Waals surface area contributed by atoms with Gasteiger partial charge in [-0.25, -0.2) is 4.98 Å². The molecule has 0 saturated heterocycles. The summed E-state index contributed by atoms with van der Waals surface area (Å²) in [6, 6.07) is 6.31. The standard InChI is InChI=1S/C14H18N2OS/c1-10-4-3-5-12(8-11(2)15)14(10)17-9-13-16-6-7-18-13/h3-7,11H,8-9,15H2,1-2H3. The number of aryl methyl sites for hydroxylation is 1. The minimum absolute atomic E-state index is 0.133. The fourth-order valence-electron chi connectivity index (χ4n) is 1.89. The molecule has 1 heterocycles. The van der Waals surface area contributed by atoms with Crippen LogP contribution in [0.3, 0.4) is 0 Å². The molecule has 2 aromatic rings. The molecular formula is C14H18N2OS. The lowest BCUT2D eigenvalue weighted by Gasteiger charge is -2.14. The van der Waals surface area contributed by atoms with Gasteiger partial charge in [0.15, 0.2) is 0 Å². The number of rotatable bonds is 5. The fraction of sp³-hybridized carbons (Fsp3) is 0.357. The predicted molar refractivity (Wildman–Crippen MR) is 75.0 cm³/mol. The fourth-order valence-corrected chi connectivity index (χ4v) is 2.41. The second-order valence-corrected chi connectivity index (χ2v) is 5.44. The molecule has 0 aliphatic heterocycles. The molecule has 96 valence electrons. The second kappa shape index (κ2) is 5.98. The van der Waals surface area contributed by atoms with Crippen LogP contribution in [0.2, 0.25) is 0 Å². The Morgan fingerprint density at radius 3 is 2.94 bits per heavy atom. The molecule has 0 fully saturated rings. The lowest BCUT2D eigenvalue weighted by molar-refractivity contribution is 0.299. The zero-order valence-electron chi connectivity index (χ0n) is 10.7. The highest BCUT2D eigenvalue weighted by atomic mass is 32.1. The second-order valence-electron chi connectivity index (χ2n) is 4.46. The van der Waals surface area contributed by atoms with Gasteiger partial charge in [-0.05, 0) is 31.4 Å². The topological polar surface area (TPSA) is 48.1 Å². The molecule has 3 nitrogen and oxygen atoms in total. The highest BCUT2D eigenvalue weighted by Crippen LogP contribution is 2.25. The van der Waals surface area contributed by atoms with Crippen LogP contribution < -0.4 is 10.5 Å². The third-order valence-electron chi connectivity index (χ3n) is 2.66. The Bertz CT molecular complexity index is 495. The van der Waals surface area contributed by atoms with Gasteiger partial charge in [-0.15, -0.1) is 11.3 Å². The van der Waals surface area contributed by atoms with Crippen molar-refractivity contribution in [3.63, 3.8) is 0 Å². The predicted octanol–water partition coefficient (Wildman–Crippen LogP) is 2.92. The quantitative estimate of drug-likeness (QED) is 0.901. The van der Waals surface area contributed by atoms with Crippen molar-refractivity contribution >= 4 is 11.3 Å². The van der Waals surface area contributed by atoms with Gasteiger partial charge in [-0.2, -0.15) is 0 Å². The van der Waals surface area contributed by atoms with Crippen LogP contribution in [0, 0.1) is 6.92 Å². The summed E-state index contributed by atoms with van der Waals surface area (Å²) in [5.74, 6) is 0.949. The number of nitrogens with zero attached hydrogens (tertiary/aromatic N) is 1. The number of aromatic nitrogens is 1. The molecule has 0 amide bonds. The number of hydrogen-bond donors (Lipinski definition) is 1. The van der Waals surface area contributed by atoms with E-state index in [9.17, 15) is 0 Å². The first kappa shape index (κ1) is 13.1. The average molecular weight is 262 g/mol. The first-order valence-electron chi connectivity index (χ1n) is 6.02. The van der Waals surface area contributed by atoms with Crippen LogP contribution in [0.1, 0.15) is 23.1 Å². The van der Waals surface area contributed by atoms with Crippen molar-refractivity contribution in [2.75, 3.05) is 0 Å². The van der Waals surface area contributed by atoms with Crippen molar-refractivity contribution < 1.29 is 4.74 Å². The van der Waals surface area contributed by atoms with E-state index < -0.39 is 0 Å². The zero-order chi connectivity index (χ0) is 13.0. The van der Waals surface area contributed by atoms with Crippen molar-refractivity contribution in [1.82, 2.24) is 4.98 Å². The Balaban J connectivity index is 2.14. The number of ether oxygens (including phenoxy) is 1. The molecule has 1 aromatic carbocycles. The molecule has 4 heteroatoms. The van der Waals surface area contributed by atoms with Crippen molar-refractivity contribution in [2.24, 2.45) is 5.73 Å². The van der Waals surface area contributed by atoms with Crippen LogP contribution in [0.25, 0.3) is 0 Å². The third kappa shape index (κ3) is 3.31. The Hall–Kier alpha value is -1.39. The summed E-state index contributed by atoms with van der Waals surface area (Å²) in [4.78, 5) is 4.22. The Morgan fingerprint density at radius 1 is 1.44 bits per heavy atom. The van der Waals surface area contributed by atoms with Crippen molar-refractivity contribution in [2.45, 2.75) is 32.9 Å². The van der Waals surface area contributed by atoms with E-state index >= 15 is 0 Å². The molecule has 2 N–H and O–H groups in total. The highest BCUT2D eigenvalue weighted by molar-refractivity contribution is 7.09. The summed E-state index contributed by atoms with van der Waals surface area (Å²) >= 11 is 1.61. The van der Waals surface area contributed by atoms with Gasteiger partial charge >= 0.3 is 0 Å². The highest BCUT2D eigenvalue weighted by Gasteiger charge is 2.09. The molecular weight excluding hydrogens is 244 g/mol. The van der Waals surface area contributed by atoms with E-state index in [1.807, 2.05) is 18.4 Å². The van der Waals surface area contributed by atoms with Crippen LogP contribution in [0.15, 0.2) is 29.8 Å². The van der Waals surface area contributed by atoms with E-state index in [0.717, 1.165) is 22.7 Å². The number of para-hydroxylation sites is 1. The SMILES string of the molecule is Cc1cccc(CC(C)N)c1OCc1nccs1. The van der Waals surface area contributed by atoms with Crippen LogP contribution in [-0.4, -0.2) is 11.0 Å². The molecule has 2 rings (SSSR count). The van der Waals surface area contributed by atoms with Crippen LogP contribution >= 0.6 is 11.3 Å². The van der Waals surface area contributed by atoms with Gasteiger partial charge in [0.1, 0.15) is 17.4 Å². The molecule has 0 aliphatic carbocycles. The summed E-state index contributed by atoms with van der Waals surface area (Å²) in [7, 11) is 0. The summed E-state index contributed by atoms with van der Waals surface area (Å²) < 4.78 is 5.91. The minimum Gasteiger partial charge on any atom is -0.486 e. The number of thiazole rings is 1. The smallest absolute Gasteiger partial charge is 0.140 e. The molecule has 1 unspecified atom stereocenters. The molecule has 18 heavy (non-hydrogen) atoms. The first-order valence-corrected chi connectivity index (χ1v) is 6.90. The van der Waals surface area contributed by atoms with E-state index in [4.69, 9.17) is 10.5 Å². The van der Waals surface area contributed by atoms with Crippen molar-refractivity contribution in [1.29, 1.82) is 0 Å². The monoisotopic (exact) mass is 262 g/mol. The molecule has 0 bridgehead atoms. The largest absolute Gasteiger partial charge is 0.486 e. The molecule has 1 aromatic heterocycles. The zero-order valence-corrected chi connectivity index (χ0v) is 11.5. The van der Waals surface area contributed by atoms with E-state index in [2.05, 4.69) is 24.0 Å². The number of benzene rings is 1. The van der Waals surface area contributed by atoms with Crippen LogP contribution in [0.4, 0.5) is 0 Å². The third-order valence-corrected chi connectivity index (χ3v) is 3.41. The van der Waals surface area contributed by atoms with Gasteiger partial charge in [-0.1, -0.05) is 18.2 Å². The molecule has 0 radical (unpaired) electrons. The summed E-state index contributed by atoms with van der Waals surface area (Å²) in [5.41, 5.74) is 8.18. The maximum absolute atomic E-state index is 5.91. The van der Waals surface area contributed by atoms with Crippen LogP contribution in [0.5, 0.6) is 5.75 Å². The number of nitrogens with two attached hydrogens (primary N) is 1. The maximum Gasteiger partial charge on any atom is 0.140 e. The summed E-state index contributed by atoms with van der Waals surface area (Å²) in [6.07, 6.45) is 2.62. The summed E-state index contributed by atoms with van der Waals surface area (Å²) in [5, 5.41) is 2.95. The average Bonchev–Trinajstić information content (AvgIpc) is 2.80. The Kier molecular flexibility index (Phi) is 4.33. The maximum atomic E-state index is 5.91. The molecule has 0 spiro atoms. The van der Waals surface area contributed by atoms with Crippen LogP contribution in [-0.2, 0) is 13.0 Å². The van der Waals surface area contributed by atoms with E-state index in [0.29, 0.717) is 6.61 Å². The normalized spacial score (nSPS) is 12.4. The van der Waals surface area contributed by atoms with Crippen molar-refractivity contribution in [3.05, 3.63) is 45.9 Å². The van der Waals surface area contributed by atoms with Crippen molar-refractivity contribution in [3.8, 4) is 5.75 Å². The van der Waals surface area contributed by atoms with Gasteiger partial charge in [-0.3, -0.25) is 0 Å². The lowest BCUT2D eigenvalue weighted by atomic mass is 10.0. The van der Waals surface area contributed by atoms with Gasteiger partial charge in [0.25, 0.3) is 0 Å². The van der Waals surface area contributed by atoms with E-state index in [1.165, 1.54) is 5.56 Å². The first-order chi connectivity index (χ1) is 8.66. The minimum atomic E-state index is 0.133. The molecule has 0 saturated carbocycles. The van der Waals surface area contributed by atoms with Gasteiger partial charge in [0.2, 0.25) is 0 Å². The van der Waals surface area contributed by atoms with E-state index in [1.54, 1.807) is 17.5 Å². The number of hydrogen-bond acceptors (Lipinski definition) is 4. The Labute approximate surface area is 112 Å². The van der Waals surface area contributed by atoms with E-state index in [-0.39, 0.29) is 6.04 Å². The summed E-state index contributed by atoms with van der Waals surface area (Å²) in [6.45, 7) is 4.59. The Morgan fingerprint density at radius 2 is 2.28 bits per heavy atom. The molecule has 0 aliphatic rings. The van der Waals surface area contributed by atoms with Gasteiger partial charge in [0, 0.05) is 17.6 Å². The van der Waals surface area contributed by atoms with Gasteiger partial charge in [0.05, 0.1) is 0 Å². The lowest BCUT2D eigenvalue weighted by Crippen LogP contribution is -2.18. The van der Waals surface area contributed by atoms with Gasteiger partial charge < -0.3 is 10.5 Å².